The van der Waals surface area contributed by atoms with E-state index in [0.717, 1.165) is 17.0 Å². The van der Waals surface area contributed by atoms with Crippen LogP contribution in [0.1, 0.15) is 23.1 Å². The maximum Gasteiger partial charge on any atom is 0.180 e. The predicted octanol–water partition coefficient (Wildman–Crippen LogP) is 0.807. The maximum atomic E-state index is 11.7. The molecule has 2 heterocycles. The third kappa shape index (κ3) is 1.59. The van der Waals surface area contributed by atoms with Gasteiger partial charge in [-0.3, -0.25) is 4.79 Å². The molecule has 1 unspecified atom stereocenters. The molecule has 0 fully saturated rings. The molecule has 5 heteroatoms. The van der Waals surface area contributed by atoms with Gasteiger partial charge in [0.25, 0.3) is 0 Å². The molecule has 0 radical (unpaired) electrons. The number of nitrogens with zero attached hydrogens (tertiary/aromatic N) is 3. The third-order valence-electron chi connectivity index (χ3n) is 2.63. The number of hydrogen-bond acceptors (Lipinski definition) is 4. The lowest BCUT2D eigenvalue weighted by Gasteiger charge is -2.03. The molecule has 0 amide bonds. The number of pyridine rings is 1. The first-order valence-corrected chi connectivity index (χ1v) is 5.09. The number of hydrogen-bond donors (Lipinski definition) is 1. The van der Waals surface area contributed by atoms with Crippen LogP contribution in [-0.4, -0.2) is 26.4 Å². The number of aromatic nitrogens is 3. The number of imidazole rings is 1. The van der Waals surface area contributed by atoms with Crippen molar-refractivity contribution < 1.29 is 4.79 Å². The second-order valence-corrected chi connectivity index (χ2v) is 3.94. The summed E-state index contributed by atoms with van der Waals surface area (Å²) in [6, 6.07) is 1.23. The Morgan fingerprint density at radius 2 is 2.25 bits per heavy atom. The molecule has 2 N–H and O–H groups in total. The van der Waals surface area contributed by atoms with E-state index >= 15 is 0 Å². The van der Waals surface area contributed by atoms with E-state index in [0.29, 0.717) is 5.56 Å². The van der Waals surface area contributed by atoms with Crippen molar-refractivity contribution in [2.75, 3.05) is 0 Å². The van der Waals surface area contributed by atoms with Crippen LogP contribution in [0.25, 0.3) is 11.2 Å². The number of carbonyl (C=O) groups is 1. The van der Waals surface area contributed by atoms with Crippen molar-refractivity contribution in [2.24, 2.45) is 12.8 Å². The monoisotopic (exact) mass is 218 g/mol. The quantitative estimate of drug-likeness (QED) is 0.757. The van der Waals surface area contributed by atoms with E-state index in [2.05, 4.69) is 9.97 Å². The van der Waals surface area contributed by atoms with Gasteiger partial charge in [-0.15, -0.1) is 0 Å². The van der Waals surface area contributed by atoms with Crippen LogP contribution in [0.2, 0.25) is 0 Å². The fourth-order valence-corrected chi connectivity index (χ4v) is 1.59. The van der Waals surface area contributed by atoms with Gasteiger partial charge in [0.05, 0.1) is 6.04 Å². The Bertz CT molecular complexity index is 556. The van der Waals surface area contributed by atoms with Gasteiger partial charge >= 0.3 is 0 Å². The van der Waals surface area contributed by atoms with Gasteiger partial charge in [0, 0.05) is 18.8 Å². The minimum absolute atomic E-state index is 0.113. The highest BCUT2D eigenvalue weighted by Crippen LogP contribution is 2.14. The molecule has 84 valence electrons. The summed E-state index contributed by atoms with van der Waals surface area (Å²) in [5.41, 5.74) is 7.56. The van der Waals surface area contributed by atoms with Crippen molar-refractivity contribution in [1.82, 2.24) is 14.5 Å². The van der Waals surface area contributed by atoms with Crippen LogP contribution in [0, 0.1) is 6.92 Å². The second kappa shape index (κ2) is 3.68. The number of ketones is 1. The molecule has 0 aliphatic rings. The van der Waals surface area contributed by atoms with Gasteiger partial charge < -0.3 is 10.3 Å². The molecule has 5 nitrogen and oxygen atoms in total. The Balaban J connectivity index is 2.57. The maximum absolute atomic E-state index is 11.7. The summed E-state index contributed by atoms with van der Waals surface area (Å²) in [4.78, 5) is 20.2. The summed E-state index contributed by atoms with van der Waals surface area (Å²) < 4.78 is 1.88. The first-order valence-electron chi connectivity index (χ1n) is 5.09. The van der Waals surface area contributed by atoms with Crippen LogP contribution in [0.3, 0.4) is 0 Å². The zero-order valence-corrected chi connectivity index (χ0v) is 9.56. The number of fused-ring (bicyclic) bond motifs is 1. The highest BCUT2D eigenvalue weighted by molar-refractivity contribution is 6.01. The van der Waals surface area contributed by atoms with Crippen molar-refractivity contribution in [3.63, 3.8) is 0 Å². The molecule has 0 saturated heterocycles. The Morgan fingerprint density at radius 1 is 1.56 bits per heavy atom. The predicted molar refractivity (Wildman–Crippen MR) is 61.2 cm³/mol. The topological polar surface area (TPSA) is 73.8 Å². The zero-order valence-electron chi connectivity index (χ0n) is 9.56. The van der Waals surface area contributed by atoms with Crippen molar-refractivity contribution in [3.8, 4) is 0 Å². The highest BCUT2D eigenvalue weighted by Gasteiger charge is 2.13. The first kappa shape index (κ1) is 10.8. The van der Waals surface area contributed by atoms with Crippen LogP contribution in [0.5, 0.6) is 0 Å². The average molecular weight is 218 g/mol. The fourth-order valence-electron chi connectivity index (χ4n) is 1.59. The Morgan fingerprint density at radius 3 is 2.88 bits per heavy atom. The van der Waals surface area contributed by atoms with Gasteiger partial charge in [-0.05, 0) is 19.9 Å². The molecule has 0 spiro atoms. The molecule has 2 rings (SSSR count). The minimum atomic E-state index is -0.510. The summed E-state index contributed by atoms with van der Waals surface area (Å²) in [6.07, 6.45) is 1.55. The number of nitrogens with two attached hydrogens (primary N) is 1. The second-order valence-electron chi connectivity index (χ2n) is 3.94. The van der Waals surface area contributed by atoms with Crippen molar-refractivity contribution in [2.45, 2.75) is 19.9 Å². The summed E-state index contributed by atoms with van der Waals surface area (Å²) in [7, 11) is 1.89. The van der Waals surface area contributed by atoms with Gasteiger partial charge in [-0.2, -0.15) is 0 Å². The first-order chi connectivity index (χ1) is 7.50. The van der Waals surface area contributed by atoms with Crippen LogP contribution in [0.4, 0.5) is 0 Å². The van der Waals surface area contributed by atoms with Gasteiger partial charge in [-0.25, -0.2) is 9.97 Å². The van der Waals surface area contributed by atoms with Crippen LogP contribution in [0.15, 0.2) is 12.3 Å². The molecule has 2 aromatic rings. The van der Waals surface area contributed by atoms with Gasteiger partial charge in [0.1, 0.15) is 11.3 Å². The minimum Gasteiger partial charge on any atom is -0.321 e. The fraction of sp³-hybridized carbons (Fsp3) is 0.364. The average Bonchev–Trinajstić information content (AvgIpc) is 2.53. The number of aryl methyl sites for hydroxylation is 2. The Kier molecular flexibility index (Phi) is 2.47. The van der Waals surface area contributed by atoms with Gasteiger partial charge in [0.15, 0.2) is 11.4 Å². The normalized spacial score (nSPS) is 13.0. The molecule has 0 aromatic carbocycles. The van der Waals surface area contributed by atoms with Gasteiger partial charge in [-0.1, -0.05) is 0 Å². The molecule has 0 bridgehead atoms. The Labute approximate surface area is 93.3 Å². The zero-order chi connectivity index (χ0) is 11.9. The van der Waals surface area contributed by atoms with E-state index < -0.39 is 6.04 Å². The summed E-state index contributed by atoms with van der Waals surface area (Å²) >= 11 is 0. The lowest BCUT2D eigenvalue weighted by atomic mass is 10.1. The molecule has 0 aliphatic carbocycles. The molecule has 1 atom stereocenters. The lowest BCUT2D eigenvalue weighted by molar-refractivity contribution is 0.0968. The van der Waals surface area contributed by atoms with E-state index in [1.807, 2.05) is 18.5 Å². The van der Waals surface area contributed by atoms with Crippen LogP contribution >= 0.6 is 0 Å². The largest absolute Gasteiger partial charge is 0.321 e. The number of rotatable bonds is 2. The Hall–Kier alpha value is -1.75. The lowest BCUT2D eigenvalue weighted by Crippen LogP contribution is -2.26. The number of carbonyl (C=O) groups excluding carboxylic acids is 1. The van der Waals surface area contributed by atoms with E-state index in [-0.39, 0.29) is 5.78 Å². The van der Waals surface area contributed by atoms with E-state index in [4.69, 9.17) is 5.73 Å². The van der Waals surface area contributed by atoms with E-state index in [9.17, 15) is 4.79 Å². The van der Waals surface area contributed by atoms with Crippen LogP contribution < -0.4 is 5.73 Å². The summed E-state index contributed by atoms with van der Waals surface area (Å²) in [6.45, 7) is 3.56. The van der Waals surface area contributed by atoms with E-state index in [1.165, 1.54) is 0 Å². The van der Waals surface area contributed by atoms with Crippen molar-refractivity contribution >= 4 is 16.9 Å². The molecule has 16 heavy (non-hydrogen) atoms. The van der Waals surface area contributed by atoms with Crippen molar-refractivity contribution in [3.05, 3.63) is 23.7 Å². The molecular formula is C11H14N4O. The van der Waals surface area contributed by atoms with Crippen LogP contribution in [-0.2, 0) is 7.05 Å². The molecule has 0 saturated carbocycles. The number of Topliss-reactive ketones (excluding diaryl/α,β-unsaturated/α-hetero) is 1. The standard InChI is InChI=1S/C11H14N4O/c1-6(12)10(16)8-4-9-11(13-5-8)15(3)7(2)14-9/h4-6H,12H2,1-3H3. The smallest absolute Gasteiger partial charge is 0.180 e. The third-order valence-corrected chi connectivity index (χ3v) is 2.63. The van der Waals surface area contributed by atoms with E-state index in [1.54, 1.807) is 19.2 Å². The van der Waals surface area contributed by atoms with Crippen molar-refractivity contribution in [1.29, 1.82) is 0 Å². The summed E-state index contributed by atoms with van der Waals surface area (Å²) in [5, 5.41) is 0. The highest BCUT2D eigenvalue weighted by atomic mass is 16.1. The molecular weight excluding hydrogens is 204 g/mol. The van der Waals surface area contributed by atoms with Gasteiger partial charge in [0.2, 0.25) is 0 Å². The molecule has 0 aliphatic heterocycles. The molecule has 2 aromatic heterocycles. The summed E-state index contributed by atoms with van der Waals surface area (Å²) in [5.74, 6) is 0.755. The SMILES string of the molecule is Cc1nc2cc(C(=O)C(C)N)cnc2n1C.